The molecule has 1 amide bonds. The van der Waals surface area contributed by atoms with Gasteiger partial charge in [0.05, 0.1) is 5.69 Å². The highest BCUT2D eigenvalue weighted by atomic mass is 35.5. The maximum Gasteiger partial charge on any atom is 0.265 e. The van der Waals surface area contributed by atoms with Gasteiger partial charge in [-0.05, 0) is 42.3 Å². The van der Waals surface area contributed by atoms with E-state index in [0.29, 0.717) is 22.9 Å². The standard InChI is InChI=1S/C16H14ClNO3/c1-9-6-11(17)3-2-10(9)7-15-16(20)18-13-5-4-12(19)8-14(13)21-15/h2-6,8,15,19H,7H2,1H3,(H,18,20). The van der Waals surface area contributed by atoms with Gasteiger partial charge in [-0.2, -0.15) is 0 Å². The number of aryl methyl sites for hydroxylation is 1. The Labute approximate surface area is 127 Å². The molecule has 21 heavy (non-hydrogen) atoms. The van der Waals surface area contributed by atoms with Gasteiger partial charge in [0.15, 0.2) is 6.10 Å². The average Bonchev–Trinajstić information content (AvgIpc) is 2.43. The Balaban J connectivity index is 1.85. The van der Waals surface area contributed by atoms with Crippen molar-refractivity contribution >= 4 is 23.2 Å². The van der Waals surface area contributed by atoms with Gasteiger partial charge in [-0.15, -0.1) is 0 Å². The SMILES string of the molecule is Cc1cc(Cl)ccc1CC1Oc2cc(O)ccc2NC1=O. The third kappa shape index (κ3) is 2.81. The molecule has 4 nitrogen and oxygen atoms in total. The number of phenols is 1. The molecular weight excluding hydrogens is 290 g/mol. The van der Waals surface area contributed by atoms with Crippen LogP contribution in [0.1, 0.15) is 11.1 Å². The first kappa shape index (κ1) is 13.8. The highest BCUT2D eigenvalue weighted by Crippen LogP contribution is 2.33. The highest BCUT2D eigenvalue weighted by Gasteiger charge is 2.28. The molecule has 5 heteroatoms. The van der Waals surface area contributed by atoms with Gasteiger partial charge in [-0.1, -0.05) is 17.7 Å². The lowest BCUT2D eigenvalue weighted by atomic mass is 10.0. The van der Waals surface area contributed by atoms with Crippen molar-refractivity contribution < 1.29 is 14.6 Å². The van der Waals surface area contributed by atoms with E-state index in [9.17, 15) is 9.90 Å². The minimum Gasteiger partial charge on any atom is -0.508 e. The van der Waals surface area contributed by atoms with Gasteiger partial charge in [0.25, 0.3) is 5.91 Å². The first-order valence-corrected chi connectivity index (χ1v) is 6.96. The number of anilines is 1. The van der Waals surface area contributed by atoms with Crippen LogP contribution in [0.4, 0.5) is 5.69 Å². The van der Waals surface area contributed by atoms with Gasteiger partial charge < -0.3 is 15.2 Å². The predicted molar refractivity (Wildman–Crippen MR) is 81.0 cm³/mol. The summed E-state index contributed by atoms with van der Waals surface area (Å²) in [6, 6.07) is 10.2. The van der Waals surface area contributed by atoms with Crippen LogP contribution in [0.15, 0.2) is 36.4 Å². The lowest BCUT2D eigenvalue weighted by molar-refractivity contribution is -0.123. The van der Waals surface area contributed by atoms with Crippen LogP contribution in [0.25, 0.3) is 0 Å². The Morgan fingerprint density at radius 3 is 2.86 bits per heavy atom. The van der Waals surface area contributed by atoms with Gasteiger partial charge in [-0.25, -0.2) is 0 Å². The second-order valence-corrected chi connectivity index (χ2v) is 5.49. The Hall–Kier alpha value is -2.20. The van der Waals surface area contributed by atoms with Crippen LogP contribution in [-0.4, -0.2) is 17.1 Å². The number of phenolic OH excluding ortho intramolecular Hbond substituents is 1. The van der Waals surface area contributed by atoms with Crippen molar-refractivity contribution in [3.05, 3.63) is 52.5 Å². The molecule has 0 saturated heterocycles. The van der Waals surface area contributed by atoms with Crippen molar-refractivity contribution in [1.29, 1.82) is 0 Å². The molecule has 0 spiro atoms. The minimum atomic E-state index is -0.626. The summed E-state index contributed by atoms with van der Waals surface area (Å²) in [5, 5.41) is 13.0. The van der Waals surface area contributed by atoms with Gasteiger partial charge >= 0.3 is 0 Å². The topological polar surface area (TPSA) is 58.6 Å². The zero-order chi connectivity index (χ0) is 15.0. The lowest BCUT2D eigenvalue weighted by Crippen LogP contribution is -2.38. The largest absolute Gasteiger partial charge is 0.508 e. The van der Waals surface area contributed by atoms with Crippen LogP contribution in [0.2, 0.25) is 5.02 Å². The normalized spacial score (nSPS) is 16.9. The Kier molecular flexibility index (Phi) is 3.47. The van der Waals surface area contributed by atoms with Crippen molar-refractivity contribution in [3.63, 3.8) is 0 Å². The quantitative estimate of drug-likeness (QED) is 0.837. The molecule has 2 aromatic rings. The lowest BCUT2D eigenvalue weighted by Gasteiger charge is -2.26. The van der Waals surface area contributed by atoms with Crippen molar-refractivity contribution in [3.8, 4) is 11.5 Å². The molecule has 2 aromatic carbocycles. The molecule has 2 N–H and O–H groups in total. The number of carbonyl (C=O) groups excluding carboxylic acids is 1. The van der Waals surface area contributed by atoms with Crippen molar-refractivity contribution in [2.75, 3.05) is 5.32 Å². The second kappa shape index (κ2) is 5.30. The van der Waals surface area contributed by atoms with E-state index >= 15 is 0 Å². The van der Waals surface area contributed by atoms with Crippen LogP contribution in [-0.2, 0) is 11.2 Å². The van der Waals surface area contributed by atoms with E-state index in [1.165, 1.54) is 12.1 Å². The summed E-state index contributed by atoms with van der Waals surface area (Å²) in [5.41, 5.74) is 2.59. The third-order valence-electron chi connectivity index (χ3n) is 3.49. The van der Waals surface area contributed by atoms with Crippen LogP contribution in [0.3, 0.4) is 0 Å². The number of benzene rings is 2. The van der Waals surface area contributed by atoms with E-state index in [1.807, 2.05) is 19.1 Å². The number of rotatable bonds is 2. The zero-order valence-corrected chi connectivity index (χ0v) is 12.1. The number of carbonyl (C=O) groups is 1. The fourth-order valence-electron chi connectivity index (χ4n) is 2.35. The zero-order valence-electron chi connectivity index (χ0n) is 11.4. The summed E-state index contributed by atoms with van der Waals surface area (Å²) in [6.07, 6.45) is -0.177. The predicted octanol–water partition coefficient (Wildman–Crippen LogP) is 3.30. The average molecular weight is 304 g/mol. The van der Waals surface area contributed by atoms with E-state index in [1.54, 1.807) is 12.1 Å². The Morgan fingerprint density at radius 2 is 2.10 bits per heavy atom. The number of halogens is 1. The molecule has 1 heterocycles. The molecular formula is C16H14ClNO3. The molecule has 0 saturated carbocycles. The van der Waals surface area contributed by atoms with Crippen LogP contribution >= 0.6 is 11.6 Å². The second-order valence-electron chi connectivity index (χ2n) is 5.05. The molecule has 108 valence electrons. The van der Waals surface area contributed by atoms with Gasteiger partial charge in [0, 0.05) is 17.5 Å². The molecule has 1 atom stereocenters. The van der Waals surface area contributed by atoms with Gasteiger partial charge in [0.2, 0.25) is 0 Å². The van der Waals surface area contributed by atoms with Crippen molar-refractivity contribution in [2.24, 2.45) is 0 Å². The number of ether oxygens (including phenoxy) is 1. The Bertz CT molecular complexity index is 715. The third-order valence-corrected chi connectivity index (χ3v) is 3.73. The van der Waals surface area contributed by atoms with Crippen molar-refractivity contribution in [1.82, 2.24) is 0 Å². The Morgan fingerprint density at radius 1 is 1.29 bits per heavy atom. The smallest absolute Gasteiger partial charge is 0.265 e. The number of hydrogen-bond acceptors (Lipinski definition) is 3. The maximum absolute atomic E-state index is 12.1. The summed E-state index contributed by atoms with van der Waals surface area (Å²) in [6.45, 7) is 1.95. The van der Waals surface area contributed by atoms with E-state index in [-0.39, 0.29) is 11.7 Å². The first-order valence-electron chi connectivity index (χ1n) is 6.58. The summed E-state index contributed by atoms with van der Waals surface area (Å²) < 4.78 is 5.71. The van der Waals surface area contributed by atoms with E-state index in [0.717, 1.165) is 11.1 Å². The summed E-state index contributed by atoms with van der Waals surface area (Å²) in [7, 11) is 0. The highest BCUT2D eigenvalue weighted by molar-refractivity contribution is 6.30. The van der Waals surface area contributed by atoms with Crippen LogP contribution in [0, 0.1) is 6.92 Å². The monoisotopic (exact) mass is 303 g/mol. The van der Waals surface area contributed by atoms with E-state index in [2.05, 4.69) is 5.32 Å². The van der Waals surface area contributed by atoms with Crippen LogP contribution < -0.4 is 10.1 Å². The summed E-state index contributed by atoms with van der Waals surface area (Å²) in [5.74, 6) is 0.389. The fraction of sp³-hybridized carbons (Fsp3) is 0.188. The maximum atomic E-state index is 12.1. The van der Waals surface area contributed by atoms with E-state index < -0.39 is 6.10 Å². The van der Waals surface area contributed by atoms with Gasteiger partial charge in [-0.3, -0.25) is 4.79 Å². The minimum absolute atomic E-state index is 0.103. The first-order chi connectivity index (χ1) is 10.0. The summed E-state index contributed by atoms with van der Waals surface area (Å²) in [4.78, 5) is 12.1. The molecule has 1 aliphatic rings. The molecule has 1 aliphatic heterocycles. The number of nitrogens with one attached hydrogen (secondary N) is 1. The number of amides is 1. The van der Waals surface area contributed by atoms with Crippen molar-refractivity contribution in [2.45, 2.75) is 19.4 Å². The molecule has 0 aliphatic carbocycles. The van der Waals surface area contributed by atoms with Gasteiger partial charge in [0.1, 0.15) is 11.5 Å². The van der Waals surface area contributed by atoms with Crippen LogP contribution in [0.5, 0.6) is 11.5 Å². The summed E-state index contributed by atoms with van der Waals surface area (Å²) >= 11 is 5.93. The molecule has 0 fully saturated rings. The number of hydrogen-bond donors (Lipinski definition) is 2. The molecule has 0 radical (unpaired) electrons. The fourth-order valence-corrected chi connectivity index (χ4v) is 2.58. The molecule has 0 aromatic heterocycles. The molecule has 0 bridgehead atoms. The number of aromatic hydroxyl groups is 1. The molecule has 1 unspecified atom stereocenters. The molecule has 3 rings (SSSR count). The van der Waals surface area contributed by atoms with E-state index in [4.69, 9.17) is 16.3 Å². The number of fused-ring (bicyclic) bond motifs is 1.